The van der Waals surface area contributed by atoms with E-state index >= 15 is 0 Å². The topological polar surface area (TPSA) is 33.3 Å². The van der Waals surface area contributed by atoms with Crippen LogP contribution in [0.5, 0.6) is 5.75 Å². The lowest BCUT2D eigenvalue weighted by Gasteiger charge is -2.10. The van der Waals surface area contributed by atoms with Gasteiger partial charge >= 0.3 is 0 Å². The SMILES string of the molecule is Clc1ccc(COc2cccc(CNNc3ccccc3)c2)cc1. The van der Waals surface area contributed by atoms with E-state index < -0.39 is 0 Å². The summed E-state index contributed by atoms with van der Waals surface area (Å²) in [6.07, 6.45) is 0. The van der Waals surface area contributed by atoms with Gasteiger partial charge in [0.2, 0.25) is 0 Å². The highest BCUT2D eigenvalue weighted by Crippen LogP contribution is 2.16. The number of ether oxygens (including phenoxy) is 1. The van der Waals surface area contributed by atoms with Gasteiger partial charge in [-0.25, -0.2) is 5.43 Å². The molecule has 122 valence electrons. The lowest BCUT2D eigenvalue weighted by Crippen LogP contribution is -2.20. The Kier molecular flexibility index (Phi) is 5.72. The van der Waals surface area contributed by atoms with Crippen LogP contribution >= 0.6 is 11.6 Å². The molecule has 0 saturated heterocycles. The van der Waals surface area contributed by atoms with Gasteiger partial charge in [-0.2, -0.15) is 0 Å². The third-order valence-electron chi connectivity index (χ3n) is 3.52. The van der Waals surface area contributed by atoms with Crippen molar-refractivity contribution in [3.8, 4) is 5.75 Å². The van der Waals surface area contributed by atoms with Crippen LogP contribution in [0, 0.1) is 0 Å². The van der Waals surface area contributed by atoms with Crippen LogP contribution in [0.15, 0.2) is 78.9 Å². The van der Waals surface area contributed by atoms with Gasteiger partial charge in [-0.1, -0.05) is 54.1 Å². The van der Waals surface area contributed by atoms with Crippen LogP contribution in [0.3, 0.4) is 0 Å². The summed E-state index contributed by atoms with van der Waals surface area (Å²) in [7, 11) is 0. The summed E-state index contributed by atoms with van der Waals surface area (Å²) in [5.41, 5.74) is 9.65. The Morgan fingerprint density at radius 2 is 1.58 bits per heavy atom. The summed E-state index contributed by atoms with van der Waals surface area (Å²) in [6.45, 7) is 1.23. The third-order valence-corrected chi connectivity index (χ3v) is 3.77. The second-order valence-electron chi connectivity index (χ2n) is 5.41. The number of nitrogens with one attached hydrogen (secondary N) is 2. The molecule has 0 spiro atoms. The van der Waals surface area contributed by atoms with Crippen molar-refractivity contribution in [1.82, 2.24) is 5.43 Å². The minimum atomic E-state index is 0.524. The average Bonchev–Trinajstić information content (AvgIpc) is 2.63. The highest BCUT2D eigenvalue weighted by atomic mass is 35.5. The normalized spacial score (nSPS) is 10.4. The van der Waals surface area contributed by atoms with E-state index in [0.717, 1.165) is 27.6 Å². The van der Waals surface area contributed by atoms with E-state index in [1.165, 1.54) is 0 Å². The number of benzene rings is 3. The molecule has 0 fully saturated rings. The number of rotatable bonds is 7. The molecule has 0 unspecified atom stereocenters. The number of anilines is 1. The fourth-order valence-electron chi connectivity index (χ4n) is 2.26. The van der Waals surface area contributed by atoms with Gasteiger partial charge in [0.05, 0.1) is 0 Å². The first-order chi connectivity index (χ1) is 11.8. The maximum absolute atomic E-state index is 5.89. The Bertz CT molecular complexity index is 760. The minimum Gasteiger partial charge on any atom is -0.489 e. The molecule has 0 aliphatic rings. The predicted octanol–water partition coefficient (Wildman–Crippen LogP) is 5.04. The van der Waals surface area contributed by atoms with Crippen molar-refractivity contribution in [2.75, 3.05) is 5.43 Å². The van der Waals surface area contributed by atoms with Gasteiger partial charge in [-0.15, -0.1) is 0 Å². The molecule has 3 aromatic carbocycles. The van der Waals surface area contributed by atoms with Crippen LogP contribution in [-0.2, 0) is 13.2 Å². The molecular formula is C20H19ClN2O. The first kappa shape index (κ1) is 16.4. The van der Waals surface area contributed by atoms with E-state index in [0.29, 0.717) is 13.2 Å². The number of hydrogen-bond donors (Lipinski definition) is 2. The molecule has 3 rings (SSSR count). The van der Waals surface area contributed by atoms with Crippen molar-refractivity contribution in [1.29, 1.82) is 0 Å². The standard InChI is InChI=1S/C20H19ClN2O/c21-18-11-9-16(10-12-18)15-24-20-8-4-5-17(13-20)14-22-23-19-6-2-1-3-7-19/h1-13,22-23H,14-15H2. The van der Waals surface area contributed by atoms with Crippen molar-refractivity contribution in [3.63, 3.8) is 0 Å². The third kappa shape index (κ3) is 5.01. The zero-order chi connectivity index (χ0) is 16.6. The molecule has 0 aliphatic carbocycles. The highest BCUT2D eigenvalue weighted by molar-refractivity contribution is 6.30. The summed E-state index contributed by atoms with van der Waals surface area (Å²) in [6, 6.07) is 25.8. The summed E-state index contributed by atoms with van der Waals surface area (Å²) >= 11 is 5.89. The monoisotopic (exact) mass is 338 g/mol. The minimum absolute atomic E-state index is 0.524. The van der Waals surface area contributed by atoms with E-state index in [4.69, 9.17) is 16.3 Å². The molecule has 0 aromatic heterocycles. The van der Waals surface area contributed by atoms with Gasteiger partial charge in [-0.05, 0) is 47.5 Å². The molecule has 24 heavy (non-hydrogen) atoms. The molecule has 0 atom stereocenters. The van der Waals surface area contributed by atoms with Crippen molar-refractivity contribution in [2.24, 2.45) is 0 Å². The fraction of sp³-hybridized carbons (Fsp3) is 0.100. The molecule has 4 heteroatoms. The second kappa shape index (κ2) is 8.39. The maximum atomic E-state index is 5.89. The van der Waals surface area contributed by atoms with Crippen LogP contribution in [0.1, 0.15) is 11.1 Å². The van der Waals surface area contributed by atoms with Crippen LogP contribution in [0.2, 0.25) is 5.02 Å². The van der Waals surface area contributed by atoms with E-state index in [1.54, 1.807) is 0 Å². The summed E-state index contributed by atoms with van der Waals surface area (Å²) < 4.78 is 5.85. The zero-order valence-electron chi connectivity index (χ0n) is 13.2. The molecule has 0 amide bonds. The van der Waals surface area contributed by atoms with Gasteiger partial charge in [0.1, 0.15) is 12.4 Å². The average molecular weight is 339 g/mol. The first-order valence-electron chi connectivity index (χ1n) is 7.80. The Hall–Kier alpha value is -2.49. The van der Waals surface area contributed by atoms with Crippen LogP contribution < -0.4 is 15.6 Å². The Labute approximate surface area is 147 Å². The molecule has 3 nitrogen and oxygen atoms in total. The van der Waals surface area contributed by atoms with Crippen molar-refractivity contribution < 1.29 is 4.74 Å². The lowest BCUT2D eigenvalue weighted by molar-refractivity contribution is 0.306. The van der Waals surface area contributed by atoms with Gasteiger partial charge < -0.3 is 10.2 Å². The molecule has 2 N–H and O–H groups in total. The second-order valence-corrected chi connectivity index (χ2v) is 5.84. The Morgan fingerprint density at radius 1 is 0.792 bits per heavy atom. The van der Waals surface area contributed by atoms with E-state index in [-0.39, 0.29) is 0 Å². The van der Waals surface area contributed by atoms with E-state index in [1.807, 2.05) is 72.8 Å². The number of para-hydroxylation sites is 1. The predicted molar refractivity (Wildman–Crippen MR) is 99.1 cm³/mol. The maximum Gasteiger partial charge on any atom is 0.120 e. The quantitative estimate of drug-likeness (QED) is 0.592. The van der Waals surface area contributed by atoms with Crippen LogP contribution in [0.4, 0.5) is 5.69 Å². The van der Waals surface area contributed by atoms with Crippen molar-refractivity contribution in [2.45, 2.75) is 13.2 Å². The molecule has 0 saturated carbocycles. The first-order valence-corrected chi connectivity index (χ1v) is 8.17. The number of halogens is 1. The van der Waals surface area contributed by atoms with Gasteiger partial charge in [-0.3, -0.25) is 0 Å². The molecular weight excluding hydrogens is 320 g/mol. The van der Waals surface area contributed by atoms with Gasteiger partial charge in [0.25, 0.3) is 0 Å². The van der Waals surface area contributed by atoms with Crippen molar-refractivity contribution in [3.05, 3.63) is 95.0 Å². The van der Waals surface area contributed by atoms with E-state index in [2.05, 4.69) is 16.9 Å². The van der Waals surface area contributed by atoms with Crippen LogP contribution in [-0.4, -0.2) is 0 Å². The van der Waals surface area contributed by atoms with E-state index in [9.17, 15) is 0 Å². The summed E-state index contributed by atoms with van der Waals surface area (Å²) in [4.78, 5) is 0. The summed E-state index contributed by atoms with van der Waals surface area (Å²) in [5.74, 6) is 0.851. The Morgan fingerprint density at radius 3 is 2.38 bits per heavy atom. The molecule has 0 bridgehead atoms. The Balaban J connectivity index is 1.51. The number of hydrazine groups is 1. The summed E-state index contributed by atoms with van der Waals surface area (Å²) in [5, 5.41) is 0.734. The molecule has 0 aliphatic heterocycles. The van der Waals surface area contributed by atoms with Gasteiger partial charge in [0.15, 0.2) is 0 Å². The zero-order valence-corrected chi connectivity index (χ0v) is 14.0. The fourth-order valence-corrected chi connectivity index (χ4v) is 2.39. The largest absolute Gasteiger partial charge is 0.489 e. The number of hydrogen-bond acceptors (Lipinski definition) is 3. The van der Waals surface area contributed by atoms with Gasteiger partial charge in [0, 0.05) is 17.3 Å². The lowest BCUT2D eigenvalue weighted by atomic mass is 10.2. The van der Waals surface area contributed by atoms with Crippen LogP contribution in [0.25, 0.3) is 0 Å². The molecule has 0 radical (unpaired) electrons. The van der Waals surface area contributed by atoms with Crippen molar-refractivity contribution >= 4 is 17.3 Å². The smallest absolute Gasteiger partial charge is 0.120 e. The molecule has 0 heterocycles. The molecule has 3 aromatic rings. The highest BCUT2D eigenvalue weighted by Gasteiger charge is 1.99.